The number of hydrogen-bond donors (Lipinski definition) is 0. The molecule has 0 radical (unpaired) electrons. The fraction of sp³-hybridized carbons (Fsp3) is 0.125. The molecule has 0 amide bonds. The molecule has 12 heteroatoms. The van der Waals surface area contributed by atoms with Gasteiger partial charge in [0.2, 0.25) is 0 Å². The Morgan fingerprint density at radius 2 is 1.46 bits per heavy atom. The van der Waals surface area contributed by atoms with Gasteiger partial charge in [-0.15, -0.1) is 13.2 Å². The van der Waals surface area contributed by atoms with E-state index in [-0.39, 0.29) is 4.88 Å². The van der Waals surface area contributed by atoms with Crippen molar-refractivity contribution in [2.45, 2.75) is 11.0 Å². The van der Waals surface area contributed by atoms with Crippen molar-refractivity contribution in [2.24, 2.45) is 0 Å². The number of fused-ring (bicyclic) bond motifs is 1. The number of thiophene rings is 1. The number of halogens is 7. The highest BCUT2D eigenvalue weighted by Gasteiger charge is 2.48. The van der Waals surface area contributed by atoms with Gasteiger partial charge in [-0.3, -0.25) is 0 Å². The summed E-state index contributed by atoms with van der Waals surface area (Å²) >= 11 is 5.89. The molecule has 0 aliphatic heterocycles. The van der Waals surface area contributed by atoms with Crippen LogP contribution in [0.1, 0.15) is 0 Å². The molecule has 1 atom stereocenters. The third-order valence-electron chi connectivity index (χ3n) is 3.27. The smallest absolute Gasteiger partial charge is 0.601 e. The molecule has 3 nitrogen and oxygen atoms in total. The highest BCUT2D eigenvalue weighted by atomic mass is 35.5. The third kappa shape index (κ3) is 5.16. The van der Waals surface area contributed by atoms with Gasteiger partial charge in [0.05, 0.1) is 0 Å². The van der Waals surface area contributed by atoms with E-state index < -0.39 is 31.6 Å². The summed E-state index contributed by atoms with van der Waals surface area (Å²) in [5, 5.41) is 1.06. The van der Waals surface area contributed by atoms with Crippen LogP contribution in [0.3, 0.4) is 0 Å². The number of rotatable bonds is 1. The predicted molar refractivity (Wildman–Crippen MR) is 93.9 cm³/mol. The van der Waals surface area contributed by atoms with Gasteiger partial charge in [-0.2, -0.15) is 13.2 Å². The van der Waals surface area contributed by atoms with E-state index in [2.05, 4.69) is 0 Å². The molecule has 0 saturated carbocycles. The lowest BCUT2D eigenvalue weighted by Gasteiger charge is -2.08. The van der Waals surface area contributed by atoms with Crippen LogP contribution in [0, 0.1) is 0 Å². The Morgan fingerprint density at radius 3 is 1.96 bits per heavy atom. The molecule has 3 rings (SSSR count). The van der Waals surface area contributed by atoms with Crippen LogP contribution in [-0.2, 0) is 15.6 Å². The van der Waals surface area contributed by atoms with Crippen LogP contribution >= 0.6 is 22.1 Å². The summed E-state index contributed by atoms with van der Waals surface area (Å²) in [7, 11) is -8.00. The predicted octanol–water partition coefficient (Wildman–Crippen LogP) is 6.44. The standard InChI is InChI=1S/C15H9ClF3S.CHF3O3S/c16-12-6-3-5-10(8-12)14-9-11-4-1-2-7-13(11)20(14)15(17,18)19;2-1(3,4)8(5,6)7/h1-9H;(H,5,6,7)/q+1;/p-1. The maximum atomic E-state index is 13.4. The Labute approximate surface area is 162 Å². The first-order valence-corrected chi connectivity index (χ1v) is 10.1. The van der Waals surface area contributed by atoms with Crippen LogP contribution in [0.15, 0.2) is 54.6 Å². The zero-order valence-electron chi connectivity index (χ0n) is 13.4. The molecule has 0 aliphatic rings. The Balaban J connectivity index is 0.000000300. The van der Waals surface area contributed by atoms with Gasteiger partial charge in [0.25, 0.3) is 0 Å². The van der Waals surface area contributed by atoms with Crippen molar-refractivity contribution in [1.82, 2.24) is 0 Å². The maximum absolute atomic E-state index is 13.4. The minimum atomic E-state index is -6.09. The van der Waals surface area contributed by atoms with Gasteiger partial charge < -0.3 is 4.55 Å². The van der Waals surface area contributed by atoms with Gasteiger partial charge in [-0.1, -0.05) is 29.8 Å². The van der Waals surface area contributed by atoms with E-state index in [1.54, 1.807) is 54.6 Å². The largest absolute Gasteiger partial charge is 0.741 e. The van der Waals surface area contributed by atoms with Crippen molar-refractivity contribution in [2.75, 3.05) is 0 Å². The number of benzene rings is 2. The molecule has 2 aromatic carbocycles. The van der Waals surface area contributed by atoms with Crippen molar-refractivity contribution in [3.05, 3.63) is 59.6 Å². The average Bonchev–Trinajstić information content (AvgIpc) is 2.93. The van der Waals surface area contributed by atoms with Crippen molar-refractivity contribution in [3.8, 4) is 10.4 Å². The Hall–Kier alpha value is -1.82. The van der Waals surface area contributed by atoms with E-state index >= 15 is 0 Å². The zero-order chi connectivity index (χ0) is 21.3. The molecule has 0 aliphatic carbocycles. The molecule has 0 spiro atoms. The van der Waals surface area contributed by atoms with E-state index in [1.165, 1.54) is 0 Å². The lowest BCUT2D eigenvalue weighted by molar-refractivity contribution is -0.0864. The Kier molecular flexibility index (Phi) is 6.34. The van der Waals surface area contributed by atoms with E-state index in [9.17, 15) is 26.3 Å². The molecule has 0 N–H and O–H groups in total. The first-order valence-electron chi connectivity index (χ1n) is 7.12. The molecule has 3 aromatic rings. The molecule has 1 heterocycles. The highest BCUT2D eigenvalue weighted by molar-refractivity contribution is 7.86. The lowest BCUT2D eigenvalue weighted by Crippen LogP contribution is -2.21. The quantitative estimate of drug-likeness (QED) is 0.181. The molecule has 28 heavy (non-hydrogen) atoms. The monoisotopic (exact) mass is 462 g/mol. The van der Waals surface area contributed by atoms with E-state index in [1.807, 2.05) is 0 Å². The fourth-order valence-electron chi connectivity index (χ4n) is 2.20. The van der Waals surface area contributed by atoms with E-state index in [0.717, 1.165) is 0 Å². The molecular formula is C16H9ClF6O3S2. The number of hydrogen-bond acceptors (Lipinski definition) is 3. The fourth-order valence-corrected chi connectivity index (χ4v) is 4.31. The van der Waals surface area contributed by atoms with Crippen molar-refractivity contribution >= 4 is 42.3 Å². The Bertz CT molecular complexity index is 1090. The first kappa shape index (κ1) is 22.5. The van der Waals surface area contributed by atoms with Gasteiger partial charge in [-0.05, 0) is 30.3 Å². The van der Waals surface area contributed by atoms with Gasteiger partial charge >= 0.3 is 11.0 Å². The summed E-state index contributed by atoms with van der Waals surface area (Å²) < 4.78 is 99.5. The summed E-state index contributed by atoms with van der Waals surface area (Å²) in [6.45, 7) is 0. The van der Waals surface area contributed by atoms with E-state index in [4.69, 9.17) is 24.6 Å². The topological polar surface area (TPSA) is 57.2 Å². The summed E-state index contributed by atoms with van der Waals surface area (Å²) in [5.41, 5.74) is -9.41. The van der Waals surface area contributed by atoms with Crippen molar-refractivity contribution < 1.29 is 39.3 Å². The summed E-state index contributed by atoms with van der Waals surface area (Å²) in [4.78, 5) is 0.279. The minimum Gasteiger partial charge on any atom is -0.741 e. The van der Waals surface area contributed by atoms with Crippen LogP contribution in [0.25, 0.3) is 20.5 Å². The summed E-state index contributed by atoms with van der Waals surface area (Å²) in [5.74, 6) is 0. The molecule has 0 saturated heterocycles. The van der Waals surface area contributed by atoms with Crippen LogP contribution in [0.2, 0.25) is 5.02 Å². The Morgan fingerprint density at radius 1 is 0.893 bits per heavy atom. The normalized spacial score (nSPS) is 13.2. The molecule has 0 bridgehead atoms. The minimum absolute atomic E-state index is 0.279. The SMILES string of the molecule is FC(F)(F)[s+]1c(-c2cccc(Cl)c2)cc2ccccc21.O=S(=O)([O-])C(F)(F)F. The second kappa shape index (κ2) is 7.90. The average molecular weight is 463 g/mol. The zero-order valence-corrected chi connectivity index (χ0v) is 15.8. The first-order chi connectivity index (χ1) is 12.7. The lowest BCUT2D eigenvalue weighted by atomic mass is 10.1. The van der Waals surface area contributed by atoms with Gasteiger partial charge in [0.15, 0.2) is 19.7 Å². The van der Waals surface area contributed by atoms with Gasteiger partial charge in [0, 0.05) is 22.0 Å². The molecule has 0 fully saturated rings. The second-order valence-electron chi connectivity index (χ2n) is 5.21. The molecule has 1 unspecified atom stereocenters. The maximum Gasteiger partial charge on any atom is 0.601 e. The van der Waals surface area contributed by atoms with Gasteiger partial charge in [0.1, 0.15) is 10.5 Å². The second-order valence-corrected chi connectivity index (χ2v) is 8.97. The van der Waals surface area contributed by atoms with Crippen molar-refractivity contribution in [3.63, 3.8) is 0 Å². The molecule has 152 valence electrons. The van der Waals surface area contributed by atoms with Crippen LogP contribution in [0.4, 0.5) is 26.3 Å². The van der Waals surface area contributed by atoms with Crippen molar-refractivity contribution in [1.29, 1.82) is 0 Å². The summed E-state index contributed by atoms with van der Waals surface area (Å²) in [6.07, 6.45) is 0. The highest BCUT2D eigenvalue weighted by Crippen LogP contribution is 2.54. The van der Waals surface area contributed by atoms with Gasteiger partial charge in [-0.25, -0.2) is 8.42 Å². The third-order valence-corrected chi connectivity index (χ3v) is 6.14. The van der Waals surface area contributed by atoms with Crippen LogP contribution in [0.5, 0.6) is 0 Å². The van der Waals surface area contributed by atoms with Crippen LogP contribution in [-0.4, -0.2) is 18.5 Å². The van der Waals surface area contributed by atoms with Crippen LogP contribution < -0.4 is 0 Å². The molecular weight excluding hydrogens is 454 g/mol. The summed E-state index contributed by atoms with van der Waals surface area (Å²) in [6, 6.07) is 14.8. The number of alkyl halides is 6. The van der Waals surface area contributed by atoms with E-state index in [0.29, 0.717) is 20.7 Å². The molecule has 1 aromatic heterocycles.